The zero-order chi connectivity index (χ0) is 25.2. The molecule has 1 aromatic carbocycles. The average Bonchev–Trinajstić information content (AvgIpc) is 3.43. The number of halogens is 3. The first-order valence-electron chi connectivity index (χ1n) is 10.8. The van der Waals surface area contributed by atoms with Gasteiger partial charge in [-0.05, 0) is 36.4 Å². The fraction of sp³-hybridized carbons (Fsp3) is 0.261. The third-order valence-electron chi connectivity index (χ3n) is 5.22. The molecule has 4 aromatic rings. The Morgan fingerprint density at radius 1 is 1.09 bits per heavy atom. The minimum atomic E-state index is -4.58. The van der Waals surface area contributed by atoms with Crippen LogP contribution in [0.4, 0.5) is 24.7 Å². The van der Waals surface area contributed by atoms with Crippen molar-refractivity contribution in [2.45, 2.75) is 39.7 Å². The fourth-order valence-corrected chi connectivity index (χ4v) is 3.75. The quantitative estimate of drug-likeness (QED) is 0.447. The normalized spacial score (nSPS) is 12.7. The molecule has 0 bridgehead atoms. The lowest BCUT2D eigenvalue weighted by molar-refractivity contribution is -0.141. The molecule has 0 atom stereocenters. The summed E-state index contributed by atoms with van der Waals surface area (Å²) in [6.45, 7) is 4.86. The summed E-state index contributed by atoms with van der Waals surface area (Å²) in [5.41, 5.74) is 9.78. The van der Waals surface area contributed by atoms with Gasteiger partial charge < -0.3 is 20.4 Å². The first-order valence-corrected chi connectivity index (χ1v) is 10.8. The first-order chi connectivity index (χ1) is 16.8. The van der Waals surface area contributed by atoms with Crippen LogP contribution in [0.25, 0.3) is 16.7 Å². The number of carbonyl (C=O) groups is 1. The van der Waals surface area contributed by atoms with Gasteiger partial charge in [0.15, 0.2) is 11.5 Å². The van der Waals surface area contributed by atoms with E-state index in [1.54, 1.807) is 24.3 Å². The van der Waals surface area contributed by atoms with Gasteiger partial charge in [0.1, 0.15) is 17.4 Å². The van der Waals surface area contributed by atoms with E-state index in [1.807, 2.05) is 18.4 Å². The van der Waals surface area contributed by atoms with Crippen molar-refractivity contribution in [3.8, 4) is 5.69 Å². The molecule has 0 saturated heterocycles. The lowest BCUT2D eigenvalue weighted by Crippen LogP contribution is -2.16. The molecule has 182 valence electrons. The van der Waals surface area contributed by atoms with Crippen LogP contribution >= 0.6 is 0 Å². The van der Waals surface area contributed by atoms with Crippen molar-refractivity contribution in [1.29, 1.82) is 0 Å². The Morgan fingerprint density at radius 3 is 2.49 bits per heavy atom. The summed E-state index contributed by atoms with van der Waals surface area (Å²) in [5.74, 6) is -0.0837. The number of alkyl halides is 3. The first kappa shape index (κ1) is 24.1. The summed E-state index contributed by atoms with van der Waals surface area (Å²) in [6, 6.07) is 8.95. The van der Waals surface area contributed by atoms with Crippen LogP contribution in [0.1, 0.15) is 36.5 Å². The van der Waals surface area contributed by atoms with Gasteiger partial charge in [-0.25, -0.2) is 9.97 Å². The summed E-state index contributed by atoms with van der Waals surface area (Å²) in [6.07, 6.45) is -3.38. The molecule has 0 fully saturated rings. The molecule has 1 aliphatic rings. The molecule has 9 nitrogen and oxygen atoms in total. The maximum atomic E-state index is 12.6. The molecule has 0 saturated carbocycles. The monoisotopic (exact) mass is 485 g/mol. The smallest absolute Gasteiger partial charge is 0.382 e. The number of fused-ring (bicyclic) bond motifs is 3. The number of hydrogen-bond acceptors (Lipinski definition) is 7. The summed E-state index contributed by atoms with van der Waals surface area (Å²) >= 11 is 0. The number of anilines is 2. The van der Waals surface area contributed by atoms with E-state index in [0.717, 1.165) is 34.6 Å². The Labute approximate surface area is 198 Å². The Morgan fingerprint density at radius 2 is 1.83 bits per heavy atom. The minimum Gasteiger partial charge on any atom is -0.382 e. The van der Waals surface area contributed by atoms with Crippen LogP contribution < -0.4 is 11.1 Å². The van der Waals surface area contributed by atoms with Crippen molar-refractivity contribution < 1.29 is 22.7 Å². The number of hydrogen-bond donors (Lipinski definition) is 2. The Hall–Kier alpha value is -4.06. The number of amides is 1. The highest BCUT2D eigenvalue weighted by Crippen LogP contribution is 2.35. The van der Waals surface area contributed by atoms with E-state index in [9.17, 15) is 18.0 Å². The van der Waals surface area contributed by atoms with E-state index in [4.69, 9.17) is 10.5 Å². The molecular formula is C23H22F3N7O2. The fourth-order valence-electron chi connectivity index (χ4n) is 3.75. The molecule has 4 heterocycles. The second kappa shape index (κ2) is 9.66. The molecule has 35 heavy (non-hydrogen) atoms. The second-order valence-electron chi connectivity index (χ2n) is 7.39. The van der Waals surface area contributed by atoms with Crippen molar-refractivity contribution in [2.24, 2.45) is 0 Å². The summed E-state index contributed by atoms with van der Waals surface area (Å²) in [5, 5.41) is 9.29. The van der Waals surface area contributed by atoms with Gasteiger partial charge in [-0.3, -0.25) is 4.79 Å². The molecule has 5 rings (SSSR count). The van der Waals surface area contributed by atoms with Crippen LogP contribution in [0, 0.1) is 0 Å². The van der Waals surface area contributed by atoms with E-state index in [2.05, 4.69) is 25.5 Å². The molecule has 0 unspecified atom stereocenters. The van der Waals surface area contributed by atoms with Gasteiger partial charge >= 0.3 is 6.18 Å². The predicted molar refractivity (Wildman–Crippen MR) is 122 cm³/mol. The molecule has 1 aliphatic heterocycles. The molecule has 1 amide bonds. The number of ether oxygens (including phenoxy) is 1. The van der Waals surface area contributed by atoms with Gasteiger partial charge in [0.2, 0.25) is 5.91 Å². The van der Waals surface area contributed by atoms with E-state index >= 15 is 0 Å². The number of nitrogens with zero attached hydrogens (tertiary/aromatic N) is 5. The third kappa shape index (κ3) is 4.78. The summed E-state index contributed by atoms with van der Waals surface area (Å²) in [4.78, 5) is 20.7. The van der Waals surface area contributed by atoms with E-state index in [0.29, 0.717) is 30.2 Å². The van der Waals surface area contributed by atoms with Gasteiger partial charge in [-0.15, -0.1) is 5.10 Å². The Bertz CT molecular complexity index is 1350. The zero-order valence-corrected chi connectivity index (χ0v) is 18.9. The largest absolute Gasteiger partial charge is 0.435 e. The predicted octanol–water partition coefficient (Wildman–Crippen LogP) is 4.05. The van der Waals surface area contributed by atoms with Gasteiger partial charge in [0.05, 0.1) is 31.0 Å². The highest BCUT2D eigenvalue weighted by Gasteiger charge is 2.33. The molecule has 0 aliphatic carbocycles. The SMILES string of the molecule is CC.Nc1ncnc2c3c(n(-c4ccc(NC(=O)Cc5ccc(C(F)(F)F)nn5)cc4)c12)COC3. The van der Waals surface area contributed by atoms with Crippen molar-refractivity contribution in [2.75, 3.05) is 11.1 Å². The van der Waals surface area contributed by atoms with E-state index < -0.39 is 17.8 Å². The van der Waals surface area contributed by atoms with Gasteiger partial charge in [0, 0.05) is 16.9 Å². The number of carbonyl (C=O) groups excluding carboxylic acids is 1. The maximum Gasteiger partial charge on any atom is 0.435 e. The summed E-state index contributed by atoms with van der Waals surface area (Å²) < 4.78 is 45.3. The molecule has 12 heteroatoms. The molecular weight excluding hydrogens is 463 g/mol. The highest BCUT2D eigenvalue weighted by molar-refractivity contribution is 5.93. The maximum absolute atomic E-state index is 12.6. The standard InChI is InChI=1S/C21H16F3N7O2.C2H6/c22-21(23,24)16-6-3-12(29-30-16)7-17(32)28-11-1-4-13(5-2-11)31-15-9-33-8-14(15)18-19(31)20(25)27-10-26-18;1-2/h1-6,10H,7-9H2,(H,28,32)(H2,25,26,27);1-2H3. The number of rotatable bonds is 4. The lowest BCUT2D eigenvalue weighted by atomic mass is 10.2. The van der Waals surface area contributed by atoms with Crippen molar-refractivity contribution in [3.63, 3.8) is 0 Å². The highest BCUT2D eigenvalue weighted by atomic mass is 19.4. The number of nitrogens with one attached hydrogen (secondary N) is 1. The molecule has 0 radical (unpaired) electrons. The molecule has 3 aromatic heterocycles. The van der Waals surface area contributed by atoms with Crippen LogP contribution in [-0.2, 0) is 35.3 Å². The van der Waals surface area contributed by atoms with Crippen LogP contribution in [0.15, 0.2) is 42.7 Å². The van der Waals surface area contributed by atoms with Crippen LogP contribution in [0.2, 0.25) is 0 Å². The van der Waals surface area contributed by atoms with Gasteiger partial charge in [-0.2, -0.15) is 18.3 Å². The topological polar surface area (TPSA) is 121 Å². The lowest BCUT2D eigenvalue weighted by Gasteiger charge is -2.11. The Kier molecular flexibility index (Phi) is 6.65. The van der Waals surface area contributed by atoms with Gasteiger partial charge in [-0.1, -0.05) is 13.8 Å². The number of nitrogen functional groups attached to an aromatic ring is 1. The minimum absolute atomic E-state index is 0.127. The third-order valence-corrected chi connectivity index (χ3v) is 5.22. The Balaban J connectivity index is 0.00000141. The van der Waals surface area contributed by atoms with Gasteiger partial charge in [0.25, 0.3) is 0 Å². The van der Waals surface area contributed by atoms with Crippen molar-refractivity contribution in [3.05, 3.63) is 65.4 Å². The van der Waals surface area contributed by atoms with E-state index in [-0.39, 0.29) is 12.1 Å². The van der Waals surface area contributed by atoms with Crippen molar-refractivity contribution >= 4 is 28.4 Å². The molecule has 0 spiro atoms. The van der Waals surface area contributed by atoms with E-state index in [1.165, 1.54) is 6.33 Å². The van der Waals surface area contributed by atoms with Crippen LogP contribution in [-0.4, -0.2) is 30.6 Å². The average molecular weight is 485 g/mol. The molecule has 3 N–H and O–H groups in total. The van der Waals surface area contributed by atoms with Crippen LogP contribution in [0.3, 0.4) is 0 Å². The summed E-state index contributed by atoms with van der Waals surface area (Å²) in [7, 11) is 0. The second-order valence-corrected chi connectivity index (χ2v) is 7.39. The van der Waals surface area contributed by atoms with Crippen molar-refractivity contribution in [1.82, 2.24) is 24.7 Å². The number of nitrogens with two attached hydrogens (primary N) is 1. The van der Waals surface area contributed by atoms with Crippen LogP contribution in [0.5, 0.6) is 0 Å². The number of aromatic nitrogens is 5. The number of benzene rings is 1. The zero-order valence-electron chi connectivity index (χ0n) is 18.9.